The van der Waals surface area contributed by atoms with Crippen molar-refractivity contribution < 1.29 is 4.74 Å². The second kappa shape index (κ2) is 7.03. The SMILES string of the molecule is C=C(C)COCCNC1CCCc2sc(I)cc21. The van der Waals surface area contributed by atoms with E-state index >= 15 is 0 Å². The van der Waals surface area contributed by atoms with E-state index in [1.54, 1.807) is 4.88 Å². The van der Waals surface area contributed by atoms with Gasteiger partial charge in [-0.25, -0.2) is 0 Å². The van der Waals surface area contributed by atoms with Crippen LogP contribution in [0.1, 0.15) is 36.2 Å². The predicted octanol–water partition coefficient (Wildman–Crippen LogP) is 3.91. The number of hydrogen-bond donors (Lipinski definition) is 1. The fraction of sp³-hybridized carbons (Fsp3) is 0.571. The van der Waals surface area contributed by atoms with Crippen LogP contribution in [0.2, 0.25) is 0 Å². The van der Waals surface area contributed by atoms with Crippen molar-refractivity contribution in [2.45, 2.75) is 32.2 Å². The van der Waals surface area contributed by atoms with E-state index in [0.29, 0.717) is 12.6 Å². The van der Waals surface area contributed by atoms with Gasteiger partial charge in [-0.3, -0.25) is 0 Å². The summed E-state index contributed by atoms with van der Waals surface area (Å²) in [5.41, 5.74) is 2.61. The number of nitrogens with one attached hydrogen (secondary N) is 1. The number of hydrogen-bond acceptors (Lipinski definition) is 3. The van der Waals surface area contributed by atoms with Crippen LogP contribution < -0.4 is 5.32 Å². The molecule has 1 aliphatic rings. The quantitative estimate of drug-likeness (QED) is 0.461. The number of rotatable bonds is 6. The third-order valence-electron chi connectivity index (χ3n) is 3.07. The molecule has 1 unspecified atom stereocenters. The standard InChI is InChI=1S/C14H20INOS/c1-10(2)9-17-7-6-16-12-4-3-5-13-11(12)8-14(15)18-13/h8,12,16H,1,3-7,9H2,2H3. The number of halogens is 1. The molecule has 1 heterocycles. The second-order valence-corrected chi connectivity index (χ2v) is 7.87. The molecule has 1 aliphatic carbocycles. The van der Waals surface area contributed by atoms with E-state index < -0.39 is 0 Å². The zero-order valence-corrected chi connectivity index (χ0v) is 13.8. The van der Waals surface area contributed by atoms with Crippen molar-refractivity contribution in [3.8, 4) is 0 Å². The number of aryl methyl sites for hydroxylation is 1. The molecule has 0 spiro atoms. The second-order valence-electron chi connectivity index (χ2n) is 4.84. The summed E-state index contributed by atoms with van der Waals surface area (Å²) in [5, 5.41) is 3.61. The molecule has 0 fully saturated rings. The summed E-state index contributed by atoms with van der Waals surface area (Å²) in [6.07, 6.45) is 3.81. The highest BCUT2D eigenvalue weighted by molar-refractivity contribution is 14.1. The van der Waals surface area contributed by atoms with E-state index in [9.17, 15) is 0 Å². The Balaban J connectivity index is 1.78. The molecular weight excluding hydrogens is 357 g/mol. The van der Waals surface area contributed by atoms with Crippen molar-refractivity contribution >= 4 is 33.9 Å². The molecule has 0 aliphatic heterocycles. The van der Waals surface area contributed by atoms with Gasteiger partial charge in [0.05, 0.1) is 16.1 Å². The molecule has 2 nitrogen and oxygen atoms in total. The summed E-state index contributed by atoms with van der Waals surface area (Å²) in [5.74, 6) is 0. The van der Waals surface area contributed by atoms with E-state index in [2.05, 4.69) is 40.6 Å². The lowest BCUT2D eigenvalue weighted by atomic mass is 9.94. The van der Waals surface area contributed by atoms with Gasteiger partial charge in [0.15, 0.2) is 0 Å². The van der Waals surface area contributed by atoms with Crippen LogP contribution in [-0.4, -0.2) is 19.8 Å². The highest BCUT2D eigenvalue weighted by atomic mass is 127. The first-order chi connectivity index (χ1) is 8.66. The molecule has 18 heavy (non-hydrogen) atoms. The average Bonchev–Trinajstić information content (AvgIpc) is 2.69. The summed E-state index contributed by atoms with van der Waals surface area (Å²) >= 11 is 4.37. The first-order valence-corrected chi connectivity index (χ1v) is 8.30. The van der Waals surface area contributed by atoms with Crippen molar-refractivity contribution in [1.29, 1.82) is 0 Å². The Hall–Kier alpha value is 0.0900. The fourth-order valence-electron chi connectivity index (χ4n) is 2.29. The summed E-state index contributed by atoms with van der Waals surface area (Å²) in [6, 6.07) is 2.87. The molecule has 1 N–H and O–H groups in total. The molecule has 100 valence electrons. The van der Waals surface area contributed by atoms with Crippen molar-refractivity contribution in [3.63, 3.8) is 0 Å². The van der Waals surface area contributed by atoms with Crippen molar-refractivity contribution in [2.75, 3.05) is 19.8 Å². The maximum absolute atomic E-state index is 5.52. The summed E-state index contributed by atoms with van der Waals surface area (Å²) in [4.78, 5) is 1.58. The minimum Gasteiger partial charge on any atom is -0.376 e. The largest absolute Gasteiger partial charge is 0.376 e. The van der Waals surface area contributed by atoms with Crippen molar-refractivity contribution in [3.05, 3.63) is 31.5 Å². The summed E-state index contributed by atoms with van der Waals surface area (Å²) in [7, 11) is 0. The lowest BCUT2D eigenvalue weighted by Crippen LogP contribution is -2.27. The Morgan fingerprint density at radius 2 is 2.50 bits per heavy atom. The van der Waals surface area contributed by atoms with Crippen LogP contribution in [0.5, 0.6) is 0 Å². The monoisotopic (exact) mass is 377 g/mol. The first-order valence-electron chi connectivity index (χ1n) is 6.40. The van der Waals surface area contributed by atoms with E-state index in [4.69, 9.17) is 4.74 Å². The highest BCUT2D eigenvalue weighted by Gasteiger charge is 2.21. The molecule has 1 atom stereocenters. The number of fused-ring (bicyclic) bond motifs is 1. The molecule has 1 aromatic heterocycles. The molecule has 0 amide bonds. The molecule has 2 rings (SSSR count). The van der Waals surface area contributed by atoms with Crippen LogP contribution in [0.3, 0.4) is 0 Å². The Morgan fingerprint density at radius 1 is 1.67 bits per heavy atom. The van der Waals surface area contributed by atoms with Gasteiger partial charge in [0.1, 0.15) is 0 Å². The molecule has 4 heteroatoms. The summed E-state index contributed by atoms with van der Waals surface area (Å²) in [6.45, 7) is 8.18. The molecule has 0 saturated carbocycles. The number of ether oxygens (including phenoxy) is 1. The van der Waals surface area contributed by atoms with Gasteiger partial charge in [-0.2, -0.15) is 0 Å². The zero-order valence-electron chi connectivity index (χ0n) is 10.8. The van der Waals surface area contributed by atoms with Gasteiger partial charge in [-0.15, -0.1) is 11.3 Å². The van der Waals surface area contributed by atoms with E-state index in [-0.39, 0.29) is 0 Å². The van der Waals surface area contributed by atoms with Crippen molar-refractivity contribution in [2.24, 2.45) is 0 Å². The van der Waals surface area contributed by atoms with Crippen LogP contribution >= 0.6 is 33.9 Å². The normalized spacial score (nSPS) is 18.7. The summed E-state index contributed by atoms with van der Waals surface area (Å²) < 4.78 is 6.93. The Kier molecular flexibility index (Phi) is 5.66. The number of thiophene rings is 1. The molecule has 1 aromatic rings. The molecule has 0 aromatic carbocycles. The van der Waals surface area contributed by atoms with E-state index in [1.165, 1.54) is 27.7 Å². The molecule has 0 saturated heterocycles. The van der Waals surface area contributed by atoms with Gasteiger partial charge >= 0.3 is 0 Å². The van der Waals surface area contributed by atoms with Gasteiger partial charge < -0.3 is 10.1 Å². The fourth-order valence-corrected chi connectivity index (χ4v) is 4.40. The lowest BCUT2D eigenvalue weighted by Gasteiger charge is -2.23. The van der Waals surface area contributed by atoms with Gasteiger partial charge in [0.25, 0.3) is 0 Å². The maximum Gasteiger partial charge on any atom is 0.0672 e. The van der Waals surface area contributed by atoms with E-state index in [0.717, 1.165) is 18.7 Å². The highest BCUT2D eigenvalue weighted by Crippen LogP contribution is 2.36. The van der Waals surface area contributed by atoms with Crippen LogP contribution in [0.15, 0.2) is 18.2 Å². The third-order valence-corrected chi connectivity index (χ3v) is 5.04. The minimum atomic E-state index is 0.530. The molecule has 0 bridgehead atoms. The topological polar surface area (TPSA) is 21.3 Å². The zero-order chi connectivity index (χ0) is 13.0. The van der Waals surface area contributed by atoms with Gasteiger partial charge in [0, 0.05) is 17.5 Å². The van der Waals surface area contributed by atoms with Gasteiger partial charge in [-0.1, -0.05) is 12.2 Å². The minimum absolute atomic E-state index is 0.530. The van der Waals surface area contributed by atoms with Crippen LogP contribution in [0.4, 0.5) is 0 Å². The van der Waals surface area contributed by atoms with Gasteiger partial charge in [-0.05, 0) is 60.4 Å². The average molecular weight is 377 g/mol. The maximum atomic E-state index is 5.52. The van der Waals surface area contributed by atoms with Crippen LogP contribution in [-0.2, 0) is 11.2 Å². The van der Waals surface area contributed by atoms with E-state index in [1.807, 2.05) is 18.3 Å². The smallest absolute Gasteiger partial charge is 0.0672 e. The molecular formula is C14H20INOS. The molecule has 0 radical (unpaired) electrons. The van der Waals surface area contributed by atoms with Crippen LogP contribution in [0, 0.1) is 2.88 Å². The Labute approximate surface area is 127 Å². The lowest BCUT2D eigenvalue weighted by molar-refractivity contribution is 0.154. The third kappa shape index (κ3) is 4.05. The van der Waals surface area contributed by atoms with Crippen molar-refractivity contribution in [1.82, 2.24) is 5.32 Å². The Bertz CT molecular complexity index is 416. The van der Waals surface area contributed by atoms with Gasteiger partial charge in [0.2, 0.25) is 0 Å². The van der Waals surface area contributed by atoms with Crippen LogP contribution in [0.25, 0.3) is 0 Å². The predicted molar refractivity (Wildman–Crippen MR) is 86.4 cm³/mol. The first kappa shape index (κ1) is 14.5. The Morgan fingerprint density at radius 3 is 3.28 bits per heavy atom.